The zero-order chi connectivity index (χ0) is 41.8. The molecule has 0 N–H and O–H groups in total. The number of benzene rings is 8. The van der Waals surface area contributed by atoms with Crippen LogP contribution < -0.4 is 0 Å². The lowest BCUT2D eigenvalue weighted by molar-refractivity contribution is 1.07. The molecule has 6 heteroatoms. The van der Waals surface area contributed by atoms with Crippen molar-refractivity contribution < 1.29 is 6.85 Å². The van der Waals surface area contributed by atoms with E-state index in [4.69, 9.17) is 16.8 Å². The SMILES string of the molecule is [2H]c1c([2H])c([2H])c(-c2nc(-c3ccccc3)nc(-c3ccc4c(c3)sc3cccc(-n5c6ccccc6c6ccc7c8ccccc8n(-c8ccccc8)c7c65)c34)n2)c([2H])c1[2H]. The van der Waals surface area contributed by atoms with Crippen LogP contribution in [0.1, 0.15) is 6.85 Å². The Morgan fingerprint density at radius 1 is 0.421 bits per heavy atom. The van der Waals surface area contributed by atoms with E-state index in [9.17, 15) is 0 Å². The highest BCUT2D eigenvalue weighted by atomic mass is 32.1. The number of para-hydroxylation sites is 3. The quantitative estimate of drug-likeness (QED) is 0.176. The van der Waals surface area contributed by atoms with Crippen molar-refractivity contribution in [2.24, 2.45) is 0 Å². The Balaban J connectivity index is 1.11. The minimum atomic E-state index is -0.472. The molecule has 0 fully saturated rings. The second-order valence-electron chi connectivity index (χ2n) is 14.0. The molecule has 0 aliphatic rings. The summed E-state index contributed by atoms with van der Waals surface area (Å²) in [6.07, 6.45) is 0. The molecule has 0 aliphatic heterocycles. The molecular weight excluding hydrogens is 715 g/mol. The van der Waals surface area contributed by atoms with Crippen molar-refractivity contribution in [3.63, 3.8) is 0 Å². The first kappa shape index (κ1) is 27.2. The summed E-state index contributed by atoms with van der Waals surface area (Å²) in [5, 5.41) is 6.93. The predicted molar refractivity (Wildman–Crippen MR) is 238 cm³/mol. The van der Waals surface area contributed by atoms with Gasteiger partial charge in [0.2, 0.25) is 0 Å². The minimum absolute atomic E-state index is 0.00942. The topological polar surface area (TPSA) is 48.5 Å². The van der Waals surface area contributed by atoms with Gasteiger partial charge in [-0.1, -0.05) is 145 Å². The Morgan fingerprint density at radius 2 is 1.00 bits per heavy atom. The summed E-state index contributed by atoms with van der Waals surface area (Å²) < 4.78 is 49.3. The number of aromatic nitrogens is 5. The first-order chi connectivity index (χ1) is 30.4. The molecular formula is C51H31N5S. The lowest BCUT2D eigenvalue weighted by Crippen LogP contribution is -2.00. The fourth-order valence-corrected chi connectivity index (χ4v) is 9.59. The van der Waals surface area contributed by atoms with E-state index in [1.165, 1.54) is 21.5 Å². The Bertz CT molecular complexity index is 3790. The molecule has 0 spiro atoms. The highest BCUT2D eigenvalue weighted by molar-refractivity contribution is 7.26. The van der Waals surface area contributed by atoms with Crippen molar-refractivity contribution in [2.75, 3.05) is 0 Å². The van der Waals surface area contributed by atoms with Crippen LogP contribution in [0, 0.1) is 0 Å². The number of hydrogen-bond acceptors (Lipinski definition) is 4. The molecule has 12 rings (SSSR count). The van der Waals surface area contributed by atoms with E-state index in [1.807, 2.05) is 36.4 Å². The van der Waals surface area contributed by atoms with E-state index in [2.05, 4.69) is 135 Å². The zero-order valence-corrected chi connectivity index (χ0v) is 31.0. The molecule has 0 bridgehead atoms. The van der Waals surface area contributed by atoms with Crippen LogP contribution >= 0.6 is 11.3 Å². The fourth-order valence-electron chi connectivity index (χ4n) is 8.42. The maximum absolute atomic E-state index is 8.73. The van der Waals surface area contributed by atoms with Gasteiger partial charge in [-0.15, -0.1) is 11.3 Å². The largest absolute Gasteiger partial charge is 0.307 e. The second kappa shape index (κ2) is 12.6. The highest BCUT2D eigenvalue weighted by Crippen LogP contribution is 2.45. The summed E-state index contributed by atoms with van der Waals surface area (Å²) in [7, 11) is 0. The third-order valence-electron chi connectivity index (χ3n) is 10.8. The number of nitrogens with zero attached hydrogens (tertiary/aromatic N) is 5. The van der Waals surface area contributed by atoms with Crippen LogP contribution in [0.4, 0.5) is 0 Å². The molecule has 0 unspecified atom stereocenters. The van der Waals surface area contributed by atoms with Crippen LogP contribution in [0.15, 0.2) is 188 Å². The van der Waals surface area contributed by atoms with Gasteiger partial charge in [-0.25, -0.2) is 15.0 Å². The zero-order valence-electron chi connectivity index (χ0n) is 35.2. The number of thiophene rings is 1. The molecule has 4 aromatic heterocycles. The second-order valence-corrected chi connectivity index (χ2v) is 15.1. The Hall–Kier alpha value is -7.41. The van der Waals surface area contributed by atoms with E-state index < -0.39 is 18.1 Å². The molecule has 0 aliphatic carbocycles. The molecule has 4 heterocycles. The van der Waals surface area contributed by atoms with E-state index in [0.29, 0.717) is 22.8 Å². The van der Waals surface area contributed by atoms with Gasteiger partial charge in [-0.2, -0.15) is 0 Å². The van der Waals surface area contributed by atoms with Crippen LogP contribution in [0.25, 0.3) is 109 Å². The summed E-state index contributed by atoms with van der Waals surface area (Å²) in [5.41, 5.74) is 8.05. The fraction of sp³-hybridized carbons (Fsp3) is 0. The lowest BCUT2D eigenvalue weighted by atomic mass is 10.1. The summed E-state index contributed by atoms with van der Waals surface area (Å²) in [6, 6.07) is 52.4. The van der Waals surface area contributed by atoms with E-state index in [0.717, 1.165) is 53.6 Å². The van der Waals surface area contributed by atoms with Gasteiger partial charge in [0.15, 0.2) is 17.5 Å². The summed E-state index contributed by atoms with van der Waals surface area (Å²) in [5.74, 6) is 0.677. The summed E-state index contributed by atoms with van der Waals surface area (Å²) >= 11 is 1.69. The van der Waals surface area contributed by atoms with Gasteiger partial charge >= 0.3 is 0 Å². The number of rotatable bonds is 5. The van der Waals surface area contributed by atoms with Crippen LogP contribution in [0.5, 0.6) is 0 Å². The Kier molecular flexibility index (Phi) is 6.00. The van der Waals surface area contributed by atoms with Gasteiger partial charge in [0.05, 0.1) is 34.6 Å². The normalized spacial score (nSPS) is 13.1. The maximum atomic E-state index is 8.73. The van der Waals surface area contributed by atoms with Gasteiger partial charge in [0.25, 0.3) is 0 Å². The van der Waals surface area contributed by atoms with Crippen LogP contribution in [-0.2, 0) is 0 Å². The smallest absolute Gasteiger partial charge is 0.164 e. The molecule has 0 saturated heterocycles. The Labute approximate surface area is 338 Å². The van der Waals surface area contributed by atoms with Crippen molar-refractivity contribution in [1.29, 1.82) is 0 Å². The summed E-state index contributed by atoms with van der Waals surface area (Å²) in [6.45, 7) is 0. The van der Waals surface area contributed by atoms with Gasteiger partial charge in [-0.05, 0) is 42.5 Å². The molecule has 0 saturated carbocycles. The van der Waals surface area contributed by atoms with E-state index >= 15 is 0 Å². The molecule has 266 valence electrons. The monoisotopic (exact) mass is 750 g/mol. The first-order valence-electron chi connectivity index (χ1n) is 21.2. The highest BCUT2D eigenvalue weighted by Gasteiger charge is 2.23. The average Bonchev–Trinajstić information content (AvgIpc) is 3.98. The van der Waals surface area contributed by atoms with Crippen LogP contribution in [0.3, 0.4) is 0 Å². The number of hydrogen-bond donors (Lipinski definition) is 0. The van der Waals surface area contributed by atoms with Crippen LogP contribution in [0.2, 0.25) is 0 Å². The molecule has 5 nitrogen and oxygen atoms in total. The lowest BCUT2D eigenvalue weighted by Gasteiger charge is -2.14. The predicted octanol–water partition coefficient (Wildman–Crippen LogP) is 13.4. The molecule has 12 aromatic rings. The average molecular weight is 751 g/mol. The van der Waals surface area contributed by atoms with Crippen molar-refractivity contribution >= 4 is 75.1 Å². The molecule has 0 atom stereocenters. The summed E-state index contributed by atoms with van der Waals surface area (Å²) in [4.78, 5) is 14.4. The van der Waals surface area contributed by atoms with E-state index in [-0.39, 0.29) is 23.5 Å². The van der Waals surface area contributed by atoms with Crippen molar-refractivity contribution in [2.45, 2.75) is 0 Å². The molecule has 57 heavy (non-hydrogen) atoms. The van der Waals surface area contributed by atoms with Crippen molar-refractivity contribution in [3.05, 3.63) is 188 Å². The van der Waals surface area contributed by atoms with Gasteiger partial charge in [0, 0.05) is 64.1 Å². The van der Waals surface area contributed by atoms with Gasteiger partial charge in [-0.3, -0.25) is 0 Å². The third-order valence-corrected chi connectivity index (χ3v) is 12.0. The maximum Gasteiger partial charge on any atom is 0.164 e. The van der Waals surface area contributed by atoms with Gasteiger partial charge in [0.1, 0.15) is 0 Å². The molecule has 0 amide bonds. The third kappa shape index (κ3) is 4.91. The van der Waals surface area contributed by atoms with Crippen molar-refractivity contribution in [1.82, 2.24) is 24.1 Å². The minimum Gasteiger partial charge on any atom is -0.307 e. The first-order valence-corrected chi connectivity index (χ1v) is 19.5. The van der Waals surface area contributed by atoms with Crippen molar-refractivity contribution in [3.8, 4) is 45.5 Å². The standard InChI is InChI=1S/C51H31N5S/c1-4-15-32(16-5-1)49-52-50(33-17-6-2-7-18-33)54-51(53-49)34-27-28-40-45(31-34)57-44-26-14-25-43(46(40)44)56-42-24-13-11-22-37(42)39-30-29-38-36-21-10-12-23-41(36)55(47(38)48(39)56)35-19-8-3-9-20-35/h1-31H/i1D,4D,5D,15D,16D. The molecule has 8 aromatic carbocycles. The Morgan fingerprint density at radius 3 is 1.72 bits per heavy atom. The molecule has 0 radical (unpaired) electrons. The van der Waals surface area contributed by atoms with Gasteiger partial charge < -0.3 is 9.13 Å². The van der Waals surface area contributed by atoms with E-state index in [1.54, 1.807) is 11.3 Å². The number of fused-ring (bicyclic) bond motifs is 10. The van der Waals surface area contributed by atoms with Crippen LogP contribution in [-0.4, -0.2) is 24.1 Å².